The van der Waals surface area contributed by atoms with Crippen molar-refractivity contribution >= 4 is 6.08 Å². The third kappa shape index (κ3) is 52.2. The van der Waals surface area contributed by atoms with Gasteiger partial charge in [0.25, 0.3) is 0 Å². The molecule has 0 atom stereocenters. The minimum Gasteiger partial charge on any atom is -0.222 e. The average Bonchev–Trinajstić information content (AvgIpc) is 0.918. The Bertz CT molecular complexity index is 29.0. The summed E-state index contributed by atoms with van der Waals surface area (Å²) in [5, 5.41) is 5.40. The number of hydrogen-bond donors (Lipinski definition) is 1. The van der Waals surface area contributed by atoms with Gasteiger partial charge in [-0.2, -0.15) is 0 Å². The van der Waals surface area contributed by atoms with Crippen molar-refractivity contribution in [2.75, 3.05) is 0 Å². The fourth-order valence-corrected chi connectivity index (χ4v) is 0. The van der Waals surface area contributed by atoms with Crippen LogP contribution in [0.2, 0.25) is 0 Å². The van der Waals surface area contributed by atoms with Gasteiger partial charge in [-0.25, -0.2) is 10.2 Å². The maximum absolute atomic E-state index is 8.35. The molecule has 4 heavy (non-hydrogen) atoms. The minimum atomic E-state index is 0. The molecule has 0 rings (SSSR count). The molecule has 0 radical (unpaired) electrons. The second-order valence-corrected chi connectivity index (χ2v) is 0.102. The van der Waals surface area contributed by atoms with Gasteiger partial charge in [0.2, 0.25) is 6.08 Å². The summed E-state index contributed by atoms with van der Waals surface area (Å²) in [7, 11) is 0. The molecule has 0 spiro atoms. The number of isocyanates is 1. The summed E-state index contributed by atoms with van der Waals surface area (Å²) < 4.78 is 0. The summed E-state index contributed by atoms with van der Waals surface area (Å²) in [5.41, 5.74) is 0. The molecule has 1 N–H and O–H groups in total. The van der Waals surface area contributed by atoms with Gasteiger partial charge in [-0.15, -0.1) is 0 Å². The van der Waals surface area contributed by atoms with Crippen LogP contribution in [0.25, 0.3) is 0 Å². The topological polar surface area (TPSA) is 40.9 Å². The van der Waals surface area contributed by atoms with E-state index in [1.807, 2.05) is 0 Å². The second-order valence-electron chi connectivity index (χ2n) is 0.102. The van der Waals surface area contributed by atoms with Crippen LogP contribution in [0.4, 0.5) is 0 Å². The Morgan fingerprint density at radius 2 is 1.75 bits per heavy atom. The Morgan fingerprint density at radius 3 is 1.75 bits per heavy atom. The molecule has 0 aromatic carbocycles. The van der Waals surface area contributed by atoms with Crippen LogP contribution >= 0.6 is 0 Å². The molecule has 0 saturated carbocycles. The fourth-order valence-electron chi connectivity index (χ4n) is 0. The van der Waals surface area contributed by atoms with Crippen LogP contribution < -0.4 is 0 Å². The van der Waals surface area contributed by atoms with Gasteiger partial charge in [0.15, 0.2) is 0 Å². The Labute approximate surface area is 42.8 Å². The SMILES string of the molecule is N=C=O.[Zr]. The number of hydrogen-bond acceptors (Lipinski definition) is 2. The average molecular weight is 134 g/mol. The largest absolute Gasteiger partial charge is 0.231 e. The molecule has 0 aliphatic heterocycles. The molecule has 20 valence electrons. The van der Waals surface area contributed by atoms with E-state index in [0.29, 0.717) is 0 Å². The molecule has 0 aromatic heterocycles. The Morgan fingerprint density at radius 1 is 1.75 bits per heavy atom. The predicted octanol–water partition coefficient (Wildman–Crippen LogP) is -0.102. The van der Waals surface area contributed by atoms with Crippen molar-refractivity contribution in [2.24, 2.45) is 0 Å². The molecule has 0 bridgehead atoms. The van der Waals surface area contributed by atoms with Gasteiger partial charge in [-0.05, 0) is 0 Å². The van der Waals surface area contributed by atoms with E-state index in [2.05, 4.69) is 0 Å². The first-order valence-corrected chi connectivity index (χ1v) is 0.454. The van der Waals surface area contributed by atoms with Crippen LogP contribution in [0.15, 0.2) is 0 Å². The van der Waals surface area contributed by atoms with Gasteiger partial charge in [-0.1, -0.05) is 0 Å². The van der Waals surface area contributed by atoms with E-state index in [0.717, 1.165) is 6.08 Å². The van der Waals surface area contributed by atoms with Crippen molar-refractivity contribution in [2.45, 2.75) is 0 Å². The van der Waals surface area contributed by atoms with E-state index in [1.54, 1.807) is 0 Å². The summed E-state index contributed by atoms with van der Waals surface area (Å²) >= 11 is 0. The zero-order chi connectivity index (χ0) is 2.71. The molecule has 0 aromatic rings. The molecule has 0 aliphatic rings. The van der Waals surface area contributed by atoms with Crippen LogP contribution in [0.3, 0.4) is 0 Å². The van der Waals surface area contributed by atoms with Gasteiger partial charge in [0, 0.05) is 26.2 Å². The molecule has 3 heteroatoms. The molecular formula is CHNOZr. The molecule has 0 unspecified atom stereocenters. The maximum Gasteiger partial charge on any atom is 0.231 e. The van der Waals surface area contributed by atoms with Crippen molar-refractivity contribution in [3.63, 3.8) is 0 Å². The van der Waals surface area contributed by atoms with Crippen molar-refractivity contribution in [3.8, 4) is 0 Å². The summed E-state index contributed by atoms with van der Waals surface area (Å²) in [6.07, 6.45) is 0.750. The van der Waals surface area contributed by atoms with Gasteiger partial charge in [-0.3, -0.25) is 0 Å². The van der Waals surface area contributed by atoms with E-state index in [-0.39, 0.29) is 26.2 Å². The Balaban J connectivity index is 0. The van der Waals surface area contributed by atoms with Gasteiger partial charge < -0.3 is 0 Å². The van der Waals surface area contributed by atoms with Gasteiger partial charge in [0.1, 0.15) is 0 Å². The van der Waals surface area contributed by atoms with E-state index in [9.17, 15) is 0 Å². The van der Waals surface area contributed by atoms with E-state index in [1.165, 1.54) is 0 Å². The smallest absolute Gasteiger partial charge is 0.222 e. The van der Waals surface area contributed by atoms with Crippen molar-refractivity contribution in [1.29, 1.82) is 5.41 Å². The molecule has 2 nitrogen and oxygen atoms in total. The number of carbonyl (C=O) groups excluding carboxylic acids is 1. The van der Waals surface area contributed by atoms with E-state index >= 15 is 0 Å². The standard InChI is InChI=1S/CHNO.Zr/c2-1-3;/h2H;. The van der Waals surface area contributed by atoms with Gasteiger partial charge in [0.05, 0.1) is 0 Å². The first-order chi connectivity index (χ1) is 1.41. The fraction of sp³-hybridized carbons (Fsp3) is 0. The summed E-state index contributed by atoms with van der Waals surface area (Å²) in [6, 6.07) is 0. The quantitative estimate of drug-likeness (QED) is 0.365. The second kappa shape index (κ2) is 10.5. The van der Waals surface area contributed by atoms with Crippen LogP contribution in [0.5, 0.6) is 0 Å². The third-order valence-electron chi connectivity index (χ3n) is 0. The summed E-state index contributed by atoms with van der Waals surface area (Å²) in [5.74, 6) is 0. The van der Waals surface area contributed by atoms with Crippen LogP contribution in [0.1, 0.15) is 0 Å². The van der Waals surface area contributed by atoms with Crippen LogP contribution in [0, 0.1) is 5.41 Å². The van der Waals surface area contributed by atoms with E-state index < -0.39 is 0 Å². The molecule has 0 heterocycles. The molecule has 0 saturated heterocycles. The van der Waals surface area contributed by atoms with Crippen molar-refractivity contribution in [3.05, 3.63) is 0 Å². The molecular weight excluding hydrogens is 133 g/mol. The minimum absolute atomic E-state index is 0. The normalized spacial score (nSPS) is 2.00. The zero-order valence-corrected chi connectivity index (χ0v) is 4.37. The van der Waals surface area contributed by atoms with Gasteiger partial charge >= 0.3 is 0 Å². The Hall–Kier alpha value is 0.263. The third-order valence-corrected chi connectivity index (χ3v) is 0. The number of rotatable bonds is 0. The summed E-state index contributed by atoms with van der Waals surface area (Å²) in [4.78, 5) is 8.35. The van der Waals surface area contributed by atoms with Crippen LogP contribution in [-0.4, -0.2) is 6.08 Å². The van der Waals surface area contributed by atoms with Crippen molar-refractivity contribution < 1.29 is 31.0 Å². The van der Waals surface area contributed by atoms with Crippen molar-refractivity contribution in [1.82, 2.24) is 0 Å². The molecule has 0 amide bonds. The number of nitrogens with one attached hydrogen (secondary N) is 1. The first-order valence-electron chi connectivity index (χ1n) is 0.454. The predicted molar refractivity (Wildman–Crippen MR) is 8.41 cm³/mol. The zero-order valence-electron chi connectivity index (χ0n) is 1.91. The van der Waals surface area contributed by atoms with Crippen LogP contribution in [-0.2, 0) is 31.0 Å². The first kappa shape index (κ1) is 8.86. The Kier molecular flexibility index (Phi) is 23.2. The molecule has 0 fully saturated rings. The summed E-state index contributed by atoms with van der Waals surface area (Å²) in [6.45, 7) is 0. The molecule has 0 aliphatic carbocycles. The monoisotopic (exact) mass is 133 g/mol. The maximum atomic E-state index is 8.35. The van der Waals surface area contributed by atoms with E-state index in [4.69, 9.17) is 10.2 Å².